The summed E-state index contributed by atoms with van der Waals surface area (Å²) in [7, 11) is 0. The van der Waals surface area contributed by atoms with E-state index in [9.17, 15) is 0 Å². The Labute approximate surface area is 176 Å². The van der Waals surface area contributed by atoms with E-state index >= 15 is 0 Å². The van der Waals surface area contributed by atoms with Gasteiger partial charge in [-0.25, -0.2) is 9.97 Å². The highest BCUT2D eigenvalue weighted by atomic mass is 15.0. The summed E-state index contributed by atoms with van der Waals surface area (Å²) in [6.45, 7) is 2.09. The Kier molecular flexibility index (Phi) is 4.70. The Bertz CT molecular complexity index is 1330. The number of rotatable bonds is 4. The number of hydrogen-bond acceptors (Lipinski definition) is 3. The highest BCUT2D eigenvalue weighted by Gasteiger charge is 2.11. The van der Waals surface area contributed by atoms with Crippen molar-refractivity contribution in [1.29, 1.82) is 0 Å². The second-order valence-corrected chi connectivity index (χ2v) is 7.33. The number of nitrogens with zero attached hydrogens (tertiary/aromatic N) is 2. The lowest BCUT2D eigenvalue weighted by Gasteiger charge is -2.12. The minimum absolute atomic E-state index is 0.720. The number of benzene rings is 4. The molecule has 1 N–H and O–H groups in total. The summed E-state index contributed by atoms with van der Waals surface area (Å²) in [5, 5.41) is 5.90. The number of aromatic nitrogens is 2. The van der Waals surface area contributed by atoms with Gasteiger partial charge in [-0.15, -0.1) is 0 Å². The van der Waals surface area contributed by atoms with Crippen LogP contribution in [0.5, 0.6) is 0 Å². The fraction of sp³-hybridized carbons (Fsp3) is 0.0370. The summed E-state index contributed by atoms with van der Waals surface area (Å²) < 4.78 is 0. The molecule has 144 valence electrons. The zero-order valence-corrected chi connectivity index (χ0v) is 16.7. The second kappa shape index (κ2) is 7.80. The fourth-order valence-electron chi connectivity index (χ4n) is 3.63. The van der Waals surface area contributed by atoms with Crippen molar-refractivity contribution in [1.82, 2.24) is 9.97 Å². The molecule has 3 nitrogen and oxygen atoms in total. The molecule has 30 heavy (non-hydrogen) atoms. The van der Waals surface area contributed by atoms with Crippen LogP contribution in [0.4, 0.5) is 11.5 Å². The molecular weight excluding hydrogens is 366 g/mol. The number of hydrogen-bond donors (Lipinski definition) is 1. The van der Waals surface area contributed by atoms with Crippen molar-refractivity contribution in [3.63, 3.8) is 0 Å². The molecule has 3 heteroatoms. The number of aryl methyl sites for hydroxylation is 1. The topological polar surface area (TPSA) is 37.8 Å². The molecule has 5 aromatic rings. The average Bonchev–Trinajstić information content (AvgIpc) is 2.80. The van der Waals surface area contributed by atoms with Gasteiger partial charge >= 0.3 is 0 Å². The van der Waals surface area contributed by atoms with Crippen molar-refractivity contribution >= 4 is 22.3 Å². The van der Waals surface area contributed by atoms with Crippen molar-refractivity contribution in [3.05, 3.63) is 109 Å². The van der Waals surface area contributed by atoms with Gasteiger partial charge < -0.3 is 5.32 Å². The van der Waals surface area contributed by atoms with Crippen LogP contribution in [0.2, 0.25) is 0 Å². The lowest BCUT2D eigenvalue weighted by molar-refractivity contribution is 1.17. The van der Waals surface area contributed by atoms with Gasteiger partial charge in [0.25, 0.3) is 0 Å². The first-order valence-corrected chi connectivity index (χ1v) is 10.0. The second-order valence-electron chi connectivity index (χ2n) is 7.33. The van der Waals surface area contributed by atoms with E-state index in [1.54, 1.807) is 0 Å². The third-order valence-electron chi connectivity index (χ3n) is 5.20. The van der Waals surface area contributed by atoms with Gasteiger partial charge in [0, 0.05) is 22.9 Å². The third kappa shape index (κ3) is 3.65. The SMILES string of the molecule is Cc1ccccc1-c1nc(Nc2ccc3ccccc3c2)cc(-c2ccccc2)n1. The standard InChI is InChI=1S/C27H21N3/c1-19-9-5-8-14-24(19)27-29-25(21-11-3-2-4-12-21)18-26(30-27)28-23-16-15-20-10-6-7-13-22(20)17-23/h2-18H,1H3,(H,28,29,30). The summed E-state index contributed by atoms with van der Waals surface area (Å²) in [5.41, 5.74) is 5.15. The molecule has 0 fully saturated rings. The Balaban J connectivity index is 1.61. The van der Waals surface area contributed by atoms with Gasteiger partial charge in [0.05, 0.1) is 5.69 Å². The van der Waals surface area contributed by atoms with Crippen LogP contribution in [0.3, 0.4) is 0 Å². The molecule has 0 aliphatic heterocycles. The van der Waals surface area contributed by atoms with Crippen LogP contribution in [0.25, 0.3) is 33.4 Å². The molecule has 1 heterocycles. The predicted molar refractivity (Wildman–Crippen MR) is 125 cm³/mol. The molecule has 0 unspecified atom stereocenters. The van der Waals surface area contributed by atoms with E-state index in [2.05, 4.69) is 79.0 Å². The molecule has 0 radical (unpaired) electrons. The molecule has 0 spiro atoms. The molecule has 5 rings (SSSR count). The van der Waals surface area contributed by atoms with Crippen LogP contribution in [-0.2, 0) is 0 Å². The highest BCUT2D eigenvalue weighted by Crippen LogP contribution is 2.28. The van der Waals surface area contributed by atoms with Gasteiger partial charge in [-0.1, -0.05) is 84.9 Å². The van der Waals surface area contributed by atoms with Gasteiger partial charge in [-0.05, 0) is 35.4 Å². The Hall–Kier alpha value is -3.98. The van der Waals surface area contributed by atoms with Crippen LogP contribution >= 0.6 is 0 Å². The lowest BCUT2D eigenvalue weighted by atomic mass is 10.1. The molecule has 1 aromatic heterocycles. The molecule has 0 amide bonds. The first-order chi connectivity index (χ1) is 14.8. The largest absolute Gasteiger partial charge is 0.340 e. The van der Waals surface area contributed by atoms with Crippen LogP contribution in [0.15, 0.2) is 103 Å². The predicted octanol–water partition coefficient (Wildman–Crippen LogP) is 7.02. The number of nitrogens with one attached hydrogen (secondary N) is 1. The maximum absolute atomic E-state index is 4.88. The molecular formula is C27H21N3. The maximum atomic E-state index is 4.88. The molecule has 0 atom stereocenters. The van der Waals surface area contributed by atoms with E-state index < -0.39 is 0 Å². The zero-order valence-electron chi connectivity index (χ0n) is 16.7. The number of anilines is 2. The van der Waals surface area contributed by atoms with Crippen molar-refractivity contribution in [2.75, 3.05) is 5.32 Å². The minimum Gasteiger partial charge on any atom is -0.340 e. The van der Waals surface area contributed by atoms with E-state index in [1.165, 1.54) is 10.8 Å². The van der Waals surface area contributed by atoms with Gasteiger partial charge in [0.1, 0.15) is 5.82 Å². The van der Waals surface area contributed by atoms with E-state index in [1.807, 2.05) is 36.4 Å². The first kappa shape index (κ1) is 18.1. The molecule has 0 aliphatic carbocycles. The van der Waals surface area contributed by atoms with Gasteiger partial charge in [-0.3, -0.25) is 0 Å². The Morgan fingerprint density at radius 2 is 1.37 bits per heavy atom. The van der Waals surface area contributed by atoms with Crippen molar-refractivity contribution in [2.24, 2.45) is 0 Å². The van der Waals surface area contributed by atoms with Gasteiger partial charge in [-0.2, -0.15) is 0 Å². The summed E-state index contributed by atoms with van der Waals surface area (Å²) in [6, 6.07) is 35.1. The smallest absolute Gasteiger partial charge is 0.162 e. The van der Waals surface area contributed by atoms with E-state index in [0.29, 0.717) is 0 Å². The zero-order chi connectivity index (χ0) is 20.3. The van der Waals surface area contributed by atoms with Crippen molar-refractivity contribution in [2.45, 2.75) is 6.92 Å². The first-order valence-electron chi connectivity index (χ1n) is 10.0. The van der Waals surface area contributed by atoms with Crippen LogP contribution < -0.4 is 5.32 Å². The highest BCUT2D eigenvalue weighted by molar-refractivity contribution is 5.86. The Morgan fingerprint density at radius 1 is 0.633 bits per heavy atom. The lowest BCUT2D eigenvalue weighted by Crippen LogP contribution is -2.00. The third-order valence-corrected chi connectivity index (χ3v) is 5.20. The van der Waals surface area contributed by atoms with Gasteiger partial charge in [0.2, 0.25) is 0 Å². The monoisotopic (exact) mass is 387 g/mol. The van der Waals surface area contributed by atoms with Crippen LogP contribution in [0, 0.1) is 6.92 Å². The summed E-state index contributed by atoms with van der Waals surface area (Å²) in [6.07, 6.45) is 0. The average molecular weight is 387 g/mol. The van der Waals surface area contributed by atoms with Crippen molar-refractivity contribution < 1.29 is 0 Å². The van der Waals surface area contributed by atoms with Crippen LogP contribution in [-0.4, -0.2) is 9.97 Å². The minimum atomic E-state index is 0.720. The van der Waals surface area contributed by atoms with E-state index in [4.69, 9.17) is 9.97 Å². The quantitative estimate of drug-likeness (QED) is 0.360. The molecule has 0 saturated heterocycles. The molecule has 0 aliphatic rings. The normalized spacial score (nSPS) is 10.8. The fourth-order valence-corrected chi connectivity index (χ4v) is 3.63. The van der Waals surface area contributed by atoms with E-state index in [0.717, 1.165) is 39.7 Å². The van der Waals surface area contributed by atoms with Crippen LogP contribution in [0.1, 0.15) is 5.56 Å². The summed E-state index contributed by atoms with van der Waals surface area (Å²) >= 11 is 0. The summed E-state index contributed by atoms with van der Waals surface area (Å²) in [4.78, 5) is 9.72. The maximum Gasteiger partial charge on any atom is 0.162 e. The Morgan fingerprint density at radius 3 is 2.20 bits per heavy atom. The van der Waals surface area contributed by atoms with Crippen molar-refractivity contribution in [3.8, 4) is 22.6 Å². The van der Waals surface area contributed by atoms with Gasteiger partial charge in [0.15, 0.2) is 5.82 Å². The molecule has 0 saturated carbocycles. The number of fused-ring (bicyclic) bond motifs is 1. The molecule has 0 bridgehead atoms. The van der Waals surface area contributed by atoms with E-state index in [-0.39, 0.29) is 0 Å². The summed E-state index contributed by atoms with van der Waals surface area (Å²) in [5.74, 6) is 1.50. The molecule has 4 aromatic carbocycles.